The number of aliphatic hydroxyl groups is 1. The third kappa shape index (κ3) is 2.86. The molecule has 0 aliphatic carbocycles. The van der Waals surface area contributed by atoms with Gasteiger partial charge in [0.2, 0.25) is 0 Å². The summed E-state index contributed by atoms with van der Waals surface area (Å²) < 4.78 is 37.1. The van der Waals surface area contributed by atoms with Gasteiger partial charge in [0.25, 0.3) is 0 Å². The van der Waals surface area contributed by atoms with Gasteiger partial charge in [-0.05, 0) is 24.6 Å². The standard InChI is InChI=1S/C10H12F3NO2/c11-10(12,13)6-1-2-9(16)7(5-6)8(14)3-4-15/h1-2,5,8,15-16H,3-4,14H2. The van der Waals surface area contributed by atoms with Crippen molar-refractivity contribution in [3.05, 3.63) is 29.3 Å². The zero-order valence-electron chi connectivity index (χ0n) is 8.33. The molecule has 1 atom stereocenters. The fourth-order valence-corrected chi connectivity index (χ4v) is 1.32. The lowest BCUT2D eigenvalue weighted by Crippen LogP contribution is -2.14. The zero-order valence-corrected chi connectivity index (χ0v) is 8.33. The third-order valence-electron chi connectivity index (χ3n) is 2.19. The van der Waals surface area contributed by atoms with Gasteiger partial charge in [-0.2, -0.15) is 13.2 Å². The number of aromatic hydroxyl groups is 1. The van der Waals surface area contributed by atoms with Gasteiger partial charge in [-0.15, -0.1) is 0 Å². The van der Waals surface area contributed by atoms with Gasteiger partial charge in [-0.25, -0.2) is 0 Å². The van der Waals surface area contributed by atoms with Crippen molar-refractivity contribution in [1.82, 2.24) is 0 Å². The van der Waals surface area contributed by atoms with Crippen LogP contribution >= 0.6 is 0 Å². The zero-order chi connectivity index (χ0) is 12.3. The summed E-state index contributed by atoms with van der Waals surface area (Å²) in [6.07, 6.45) is -4.38. The summed E-state index contributed by atoms with van der Waals surface area (Å²) in [5.74, 6) is -0.297. The number of aliphatic hydroxyl groups excluding tert-OH is 1. The highest BCUT2D eigenvalue weighted by Gasteiger charge is 2.31. The van der Waals surface area contributed by atoms with Gasteiger partial charge in [0, 0.05) is 18.2 Å². The Hall–Kier alpha value is -1.27. The first-order chi connectivity index (χ1) is 7.36. The highest BCUT2D eigenvalue weighted by atomic mass is 19.4. The molecule has 0 aliphatic rings. The maximum absolute atomic E-state index is 12.4. The van der Waals surface area contributed by atoms with E-state index in [1.165, 1.54) is 0 Å². The number of rotatable bonds is 3. The molecule has 1 rings (SSSR count). The number of phenolic OH excluding ortho intramolecular Hbond substituents is 1. The first kappa shape index (κ1) is 12.8. The number of nitrogens with two attached hydrogens (primary N) is 1. The second kappa shape index (κ2) is 4.71. The number of hydrogen-bond acceptors (Lipinski definition) is 3. The number of hydrogen-bond donors (Lipinski definition) is 3. The lowest BCUT2D eigenvalue weighted by Gasteiger charge is -2.15. The minimum absolute atomic E-state index is 0.0103. The van der Waals surface area contributed by atoms with Gasteiger partial charge in [0.05, 0.1) is 5.56 Å². The molecule has 4 N–H and O–H groups in total. The highest BCUT2D eigenvalue weighted by molar-refractivity contribution is 5.39. The number of phenols is 1. The van der Waals surface area contributed by atoms with Crippen LogP contribution in [0.2, 0.25) is 0 Å². The minimum atomic E-state index is -4.47. The molecular weight excluding hydrogens is 223 g/mol. The van der Waals surface area contributed by atoms with Crippen molar-refractivity contribution in [1.29, 1.82) is 0 Å². The Kier molecular flexibility index (Phi) is 3.77. The van der Waals surface area contributed by atoms with Crippen molar-refractivity contribution in [2.24, 2.45) is 5.73 Å². The van der Waals surface area contributed by atoms with E-state index in [1.54, 1.807) is 0 Å². The van der Waals surface area contributed by atoms with E-state index < -0.39 is 17.8 Å². The molecule has 0 saturated heterocycles. The molecule has 0 aliphatic heterocycles. The summed E-state index contributed by atoms with van der Waals surface area (Å²) in [4.78, 5) is 0. The molecule has 6 heteroatoms. The van der Waals surface area contributed by atoms with Crippen LogP contribution in [0, 0.1) is 0 Å². The maximum atomic E-state index is 12.4. The molecule has 0 aromatic heterocycles. The highest BCUT2D eigenvalue weighted by Crippen LogP contribution is 2.34. The Morgan fingerprint density at radius 1 is 1.31 bits per heavy atom. The first-order valence-electron chi connectivity index (χ1n) is 4.63. The van der Waals surface area contributed by atoms with Crippen molar-refractivity contribution >= 4 is 0 Å². The Labute approximate surface area is 90.3 Å². The van der Waals surface area contributed by atoms with Crippen LogP contribution < -0.4 is 5.73 Å². The molecule has 0 spiro atoms. The second-order valence-electron chi connectivity index (χ2n) is 3.39. The van der Waals surface area contributed by atoms with E-state index in [1.807, 2.05) is 0 Å². The van der Waals surface area contributed by atoms with Crippen LogP contribution in [0.25, 0.3) is 0 Å². The van der Waals surface area contributed by atoms with E-state index >= 15 is 0 Å². The summed E-state index contributed by atoms with van der Waals surface area (Å²) in [6.45, 7) is -0.253. The normalized spacial score (nSPS) is 13.8. The second-order valence-corrected chi connectivity index (χ2v) is 3.39. The summed E-state index contributed by atoms with van der Waals surface area (Å²) in [7, 11) is 0. The summed E-state index contributed by atoms with van der Waals surface area (Å²) in [5.41, 5.74) is 4.65. The molecule has 16 heavy (non-hydrogen) atoms. The van der Waals surface area contributed by atoms with Crippen LogP contribution in [0.4, 0.5) is 13.2 Å². The van der Waals surface area contributed by atoms with Gasteiger partial charge in [-0.3, -0.25) is 0 Å². The Morgan fingerprint density at radius 2 is 1.94 bits per heavy atom. The lowest BCUT2D eigenvalue weighted by atomic mass is 10.0. The molecule has 0 amide bonds. The molecule has 0 saturated carbocycles. The summed E-state index contributed by atoms with van der Waals surface area (Å²) in [6, 6.07) is 1.72. The number of alkyl halides is 3. The van der Waals surface area contributed by atoms with Crippen LogP contribution in [0.15, 0.2) is 18.2 Å². The summed E-state index contributed by atoms with van der Waals surface area (Å²) in [5, 5.41) is 18.0. The Morgan fingerprint density at radius 3 is 2.44 bits per heavy atom. The molecule has 0 heterocycles. The summed E-state index contributed by atoms with van der Waals surface area (Å²) >= 11 is 0. The largest absolute Gasteiger partial charge is 0.508 e. The molecule has 0 bridgehead atoms. The average molecular weight is 235 g/mol. The third-order valence-corrected chi connectivity index (χ3v) is 2.19. The van der Waals surface area contributed by atoms with Gasteiger partial charge >= 0.3 is 6.18 Å². The smallest absolute Gasteiger partial charge is 0.416 e. The van der Waals surface area contributed by atoms with Crippen LogP contribution in [-0.4, -0.2) is 16.8 Å². The molecule has 1 aromatic rings. The van der Waals surface area contributed by atoms with Crippen molar-refractivity contribution in [2.45, 2.75) is 18.6 Å². The maximum Gasteiger partial charge on any atom is 0.416 e. The van der Waals surface area contributed by atoms with Gasteiger partial charge in [-0.1, -0.05) is 0 Å². The first-order valence-corrected chi connectivity index (χ1v) is 4.63. The van der Waals surface area contributed by atoms with Crippen molar-refractivity contribution in [2.75, 3.05) is 6.61 Å². The molecule has 0 radical (unpaired) electrons. The molecular formula is C10H12F3NO2. The molecule has 0 fully saturated rings. The quantitative estimate of drug-likeness (QED) is 0.748. The van der Waals surface area contributed by atoms with Gasteiger partial charge in [0.1, 0.15) is 5.75 Å². The topological polar surface area (TPSA) is 66.5 Å². The van der Waals surface area contributed by atoms with Crippen molar-refractivity contribution in [3.8, 4) is 5.75 Å². The lowest BCUT2D eigenvalue weighted by molar-refractivity contribution is -0.137. The predicted molar refractivity (Wildman–Crippen MR) is 51.7 cm³/mol. The van der Waals surface area contributed by atoms with Crippen molar-refractivity contribution in [3.63, 3.8) is 0 Å². The van der Waals surface area contributed by atoms with E-state index in [0.717, 1.165) is 18.2 Å². The van der Waals surface area contributed by atoms with Crippen molar-refractivity contribution < 1.29 is 23.4 Å². The van der Waals surface area contributed by atoms with Gasteiger partial charge < -0.3 is 15.9 Å². The van der Waals surface area contributed by atoms with Crippen LogP contribution in [0.1, 0.15) is 23.6 Å². The van der Waals surface area contributed by atoms with E-state index in [-0.39, 0.29) is 24.3 Å². The monoisotopic (exact) mass is 235 g/mol. The van der Waals surface area contributed by atoms with E-state index in [9.17, 15) is 18.3 Å². The molecule has 3 nitrogen and oxygen atoms in total. The van der Waals surface area contributed by atoms with E-state index in [0.29, 0.717) is 0 Å². The van der Waals surface area contributed by atoms with E-state index in [4.69, 9.17) is 10.8 Å². The fraction of sp³-hybridized carbons (Fsp3) is 0.400. The SMILES string of the molecule is NC(CCO)c1cc(C(F)(F)F)ccc1O. The Balaban J connectivity index is 3.09. The van der Waals surface area contributed by atoms with Crippen LogP contribution in [0.3, 0.4) is 0 Å². The average Bonchev–Trinajstić information content (AvgIpc) is 2.16. The number of halogens is 3. The predicted octanol–water partition coefficient (Wildman–Crippen LogP) is 1.79. The molecule has 90 valence electrons. The Bertz CT molecular complexity index is 366. The van der Waals surface area contributed by atoms with Crippen LogP contribution in [-0.2, 0) is 6.18 Å². The minimum Gasteiger partial charge on any atom is -0.508 e. The van der Waals surface area contributed by atoms with E-state index in [2.05, 4.69) is 0 Å². The van der Waals surface area contributed by atoms with Gasteiger partial charge in [0.15, 0.2) is 0 Å². The number of benzene rings is 1. The fourth-order valence-electron chi connectivity index (χ4n) is 1.32. The molecule has 1 unspecified atom stereocenters. The molecule has 1 aromatic carbocycles. The van der Waals surface area contributed by atoms with Crippen LogP contribution in [0.5, 0.6) is 5.75 Å².